The summed E-state index contributed by atoms with van der Waals surface area (Å²) in [5.41, 5.74) is 5.47. The smallest absolute Gasteiger partial charge is 0.224 e. The van der Waals surface area contributed by atoms with Crippen LogP contribution in [0.4, 0.5) is 0 Å². The maximum Gasteiger partial charge on any atom is 0.224 e. The molecule has 5 nitrogen and oxygen atoms in total. The summed E-state index contributed by atoms with van der Waals surface area (Å²) in [6.45, 7) is 6.18. The van der Waals surface area contributed by atoms with Crippen molar-refractivity contribution in [1.82, 2.24) is 9.80 Å². The van der Waals surface area contributed by atoms with Gasteiger partial charge < -0.3 is 15.4 Å². The Bertz CT molecular complexity index is 228. The Kier molecular flexibility index (Phi) is 7.96. The van der Waals surface area contributed by atoms with Crippen molar-refractivity contribution in [1.29, 1.82) is 0 Å². The van der Waals surface area contributed by atoms with E-state index in [0.29, 0.717) is 13.0 Å². The van der Waals surface area contributed by atoms with E-state index in [9.17, 15) is 4.79 Å². The maximum atomic E-state index is 11.8. The molecular formula is C13H27N3O2. The summed E-state index contributed by atoms with van der Waals surface area (Å²) in [5, 5.41) is 0. The van der Waals surface area contributed by atoms with E-state index in [2.05, 4.69) is 4.90 Å². The number of carbonyl (C=O) groups excluding carboxylic acids is 1. The average Bonchev–Trinajstić information content (AvgIpc) is 2.41. The second-order valence-electron chi connectivity index (χ2n) is 4.81. The van der Waals surface area contributed by atoms with Crippen LogP contribution in [-0.4, -0.2) is 68.7 Å². The summed E-state index contributed by atoms with van der Waals surface area (Å²) in [6.07, 6.45) is 4.06. The minimum Gasteiger partial charge on any atom is -0.384 e. The summed E-state index contributed by atoms with van der Waals surface area (Å²) in [4.78, 5) is 16.2. The number of hydrogen-bond donors (Lipinski definition) is 1. The number of ether oxygens (including phenoxy) is 1. The number of amides is 1. The van der Waals surface area contributed by atoms with Crippen LogP contribution < -0.4 is 5.73 Å². The van der Waals surface area contributed by atoms with E-state index in [1.807, 2.05) is 4.90 Å². The molecule has 0 atom stereocenters. The van der Waals surface area contributed by atoms with Crippen LogP contribution in [-0.2, 0) is 9.53 Å². The van der Waals surface area contributed by atoms with Crippen LogP contribution in [0.25, 0.3) is 0 Å². The van der Waals surface area contributed by atoms with Crippen LogP contribution in [0.2, 0.25) is 0 Å². The SMILES string of the molecule is COCCC(=O)N1CCN(CCCCCN)CC1. The molecule has 1 rings (SSSR count). The van der Waals surface area contributed by atoms with Gasteiger partial charge in [-0.25, -0.2) is 0 Å². The van der Waals surface area contributed by atoms with Gasteiger partial charge in [-0.1, -0.05) is 6.42 Å². The quantitative estimate of drug-likeness (QED) is 0.635. The van der Waals surface area contributed by atoms with Crippen molar-refractivity contribution in [3.05, 3.63) is 0 Å². The molecule has 1 saturated heterocycles. The molecule has 0 saturated carbocycles. The normalized spacial score (nSPS) is 17.1. The first-order valence-electron chi connectivity index (χ1n) is 6.97. The fraction of sp³-hybridized carbons (Fsp3) is 0.923. The number of nitrogens with zero attached hydrogens (tertiary/aromatic N) is 2. The Hall–Kier alpha value is -0.650. The highest BCUT2D eigenvalue weighted by Gasteiger charge is 2.20. The fourth-order valence-corrected chi connectivity index (χ4v) is 2.22. The molecule has 0 aromatic rings. The summed E-state index contributed by atoms with van der Waals surface area (Å²) < 4.78 is 4.93. The van der Waals surface area contributed by atoms with Gasteiger partial charge in [0.15, 0.2) is 0 Å². The minimum atomic E-state index is 0.222. The zero-order chi connectivity index (χ0) is 13.2. The van der Waals surface area contributed by atoms with Gasteiger partial charge in [0.2, 0.25) is 5.91 Å². The van der Waals surface area contributed by atoms with Crippen LogP contribution in [0.15, 0.2) is 0 Å². The van der Waals surface area contributed by atoms with E-state index in [0.717, 1.165) is 45.7 Å². The lowest BCUT2D eigenvalue weighted by Gasteiger charge is -2.34. The molecule has 1 aliphatic heterocycles. The Morgan fingerprint density at radius 2 is 1.89 bits per heavy atom. The van der Waals surface area contributed by atoms with Crippen molar-refractivity contribution in [3.63, 3.8) is 0 Å². The van der Waals surface area contributed by atoms with E-state index >= 15 is 0 Å². The van der Waals surface area contributed by atoms with Crippen LogP contribution >= 0.6 is 0 Å². The van der Waals surface area contributed by atoms with Crippen LogP contribution in [0.5, 0.6) is 0 Å². The Morgan fingerprint density at radius 3 is 2.50 bits per heavy atom. The van der Waals surface area contributed by atoms with E-state index < -0.39 is 0 Å². The lowest BCUT2D eigenvalue weighted by Crippen LogP contribution is -2.49. The highest BCUT2D eigenvalue weighted by atomic mass is 16.5. The van der Waals surface area contributed by atoms with Crippen molar-refractivity contribution in [2.24, 2.45) is 5.73 Å². The minimum absolute atomic E-state index is 0.222. The predicted octanol–water partition coefficient (Wildman–Crippen LogP) is 0.296. The van der Waals surface area contributed by atoms with Gasteiger partial charge >= 0.3 is 0 Å². The molecule has 0 spiro atoms. The van der Waals surface area contributed by atoms with Crippen molar-refractivity contribution < 1.29 is 9.53 Å². The first kappa shape index (κ1) is 15.4. The molecule has 0 radical (unpaired) electrons. The molecule has 18 heavy (non-hydrogen) atoms. The third-order valence-electron chi connectivity index (χ3n) is 3.42. The Balaban J connectivity index is 2.10. The van der Waals surface area contributed by atoms with Crippen LogP contribution in [0.1, 0.15) is 25.7 Å². The van der Waals surface area contributed by atoms with Gasteiger partial charge in [0, 0.05) is 33.3 Å². The molecule has 0 aromatic heterocycles. The largest absolute Gasteiger partial charge is 0.384 e. The number of piperazine rings is 1. The maximum absolute atomic E-state index is 11.8. The fourth-order valence-electron chi connectivity index (χ4n) is 2.22. The molecule has 1 amide bonds. The third-order valence-corrected chi connectivity index (χ3v) is 3.42. The number of methoxy groups -OCH3 is 1. The van der Waals surface area contributed by atoms with Gasteiger partial charge in [0.1, 0.15) is 0 Å². The average molecular weight is 257 g/mol. The molecule has 1 aliphatic rings. The van der Waals surface area contributed by atoms with E-state index in [1.165, 1.54) is 12.8 Å². The third kappa shape index (κ3) is 5.80. The van der Waals surface area contributed by atoms with E-state index in [-0.39, 0.29) is 5.91 Å². The van der Waals surface area contributed by atoms with Crippen molar-refractivity contribution in [2.75, 3.05) is 53.0 Å². The van der Waals surface area contributed by atoms with Crippen molar-refractivity contribution in [3.8, 4) is 0 Å². The topological polar surface area (TPSA) is 58.8 Å². The van der Waals surface area contributed by atoms with Gasteiger partial charge in [-0.05, 0) is 25.9 Å². The summed E-state index contributed by atoms with van der Waals surface area (Å²) in [5.74, 6) is 0.222. The first-order chi connectivity index (χ1) is 8.77. The number of unbranched alkanes of at least 4 members (excludes halogenated alkanes) is 2. The van der Waals surface area contributed by atoms with Crippen molar-refractivity contribution >= 4 is 5.91 Å². The second-order valence-corrected chi connectivity index (χ2v) is 4.81. The molecule has 0 bridgehead atoms. The lowest BCUT2D eigenvalue weighted by molar-refractivity contribution is -0.133. The molecule has 2 N–H and O–H groups in total. The zero-order valence-corrected chi connectivity index (χ0v) is 11.6. The summed E-state index contributed by atoms with van der Waals surface area (Å²) in [7, 11) is 1.63. The summed E-state index contributed by atoms with van der Waals surface area (Å²) in [6, 6.07) is 0. The molecule has 1 heterocycles. The molecule has 106 valence electrons. The second kappa shape index (κ2) is 9.30. The Labute approximate surface area is 110 Å². The van der Waals surface area contributed by atoms with Gasteiger partial charge in [-0.3, -0.25) is 9.69 Å². The van der Waals surface area contributed by atoms with Crippen LogP contribution in [0, 0.1) is 0 Å². The molecular weight excluding hydrogens is 230 g/mol. The number of rotatable bonds is 8. The van der Waals surface area contributed by atoms with Gasteiger partial charge in [-0.2, -0.15) is 0 Å². The van der Waals surface area contributed by atoms with Gasteiger partial charge in [-0.15, -0.1) is 0 Å². The number of hydrogen-bond acceptors (Lipinski definition) is 4. The van der Waals surface area contributed by atoms with Gasteiger partial charge in [0.25, 0.3) is 0 Å². The first-order valence-corrected chi connectivity index (χ1v) is 6.97. The Morgan fingerprint density at radius 1 is 1.17 bits per heavy atom. The molecule has 0 aromatic carbocycles. The number of nitrogens with two attached hydrogens (primary N) is 1. The standard InChI is InChI=1S/C13H27N3O2/c1-18-12-5-13(17)16-10-8-15(9-11-16)7-4-2-3-6-14/h2-12,14H2,1H3. The number of carbonyl (C=O) groups is 1. The molecule has 5 heteroatoms. The zero-order valence-electron chi connectivity index (χ0n) is 11.6. The molecule has 0 aliphatic carbocycles. The lowest BCUT2D eigenvalue weighted by atomic mass is 10.2. The molecule has 0 unspecified atom stereocenters. The van der Waals surface area contributed by atoms with Crippen molar-refractivity contribution in [2.45, 2.75) is 25.7 Å². The van der Waals surface area contributed by atoms with E-state index in [4.69, 9.17) is 10.5 Å². The highest BCUT2D eigenvalue weighted by molar-refractivity contribution is 5.76. The monoisotopic (exact) mass is 257 g/mol. The van der Waals surface area contributed by atoms with E-state index in [1.54, 1.807) is 7.11 Å². The predicted molar refractivity (Wildman–Crippen MR) is 72.4 cm³/mol. The van der Waals surface area contributed by atoms with Crippen LogP contribution in [0.3, 0.4) is 0 Å². The van der Waals surface area contributed by atoms with Gasteiger partial charge in [0.05, 0.1) is 13.0 Å². The molecule has 1 fully saturated rings. The highest BCUT2D eigenvalue weighted by Crippen LogP contribution is 2.06. The summed E-state index contributed by atoms with van der Waals surface area (Å²) >= 11 is 0.